The summed E-state index contributed by atoms with van der Waals surface area (Å²) in [5, 5.41) is 11.8. The van der Waals surface area contributed by atoms with Crippen LogP contribution in [0.15, 0.2) is 60.8 Å². The minimum Gasteiger partial charge on any atom is -0.497 e. The Morgan fingerprint density at radius 2 is 1.73 bits per heavy atom. The summed E-state index contributed by atoms with van der Waals surface area (Å²) in [7, 11) is 3.14. The fourth-order valence-corrected chi connectivity index (χ4v) is 3.19. The van der Waals surface area contributed by atoms with Gasteiger partial charge in [-0.05, 0) is 47.4 Å². The minimum absolute atomic E-state index is 0.0932. The molecule has 0 bridgehead atoms. The van der Waals surface area contributed by atoms with Gasteiger partial charge in [0.15, 0.2) is 11.5 Å². The molecule has 0 radical (unpaired) electrons. The predicted molar refractivity (Wildman–Crippen MR) is 122 cm³/mol. The van der Waals surface area contributed by atoms with Gasteiger partial charge in [0.25, 0.3) is 0 Å². The van der Waals surface area contributed by atoms with Gasteiger partial charge in [-0.15, -0.1) is 0 Å². The summed E-state index contributed by atoms with van der Waals surface area (Å²) in [5.41, 5.74) is 2.44. The van der Waals surface area contributed by atoms with Gasteiger partial charge in [-0.1, -0.05) is 24.3 Å². The number of benzene rings is 2. The number of hydrogen-bond donors (Lipinski definition) is 2. The third-order valence-electron chi connectivity index (χ3n) is 4.83. The van der Waals surface area contributed by atoms with E-state index in [1.165, 1.54) is 13.3 Å². The molecule has 0 aliphatic rings. The van der Waals surface area contributed by atoms with Gasteiger partial charge < -0.3 is 24.6 Å². The molecule has 0 spiro atoms. The molecule has 3 aromatic rings. The molecule has 1 aromatic heterocycles. The van der Waals surface area contributed by atoms with E-state index in [0.717, 1.165) is 16.9 Å². The smallest absolute Gasteiger partial charge is 0.307 e. The van der Waals surface area contributed by atoms with Crippen LogP contribution in [0.1, 0.15) is 16.7 Å². The molecule has 172 valence electrons. The summed E-state index contributed by atoms with van der Waals surface area (Å²) in [6.45, 7) is 0.522. The van der Waals surface area contributed by atoms with Crippen molar-refractivity contribution < 1.29 is 28.9 Å². The lowest BCUT2D eigenvalue weighted by Gasteiger charge is -2.12. The van der Waals surface area contributed by atoms with Gasteiger partial charge >= 0.3 is 5.97 Å². The second-order valence-electron chi connectivity index (χ2n) is 7.29. The molecule has 1 amide bonds. The SMILES string of the molecule is COc1cccc(CCNC(=O)Cc2ccc(Oc3ccc(CC(=O)O)cn3)c(OC)c2)c1. The predicted octanol–water partition coefficient (Wildman–Crippen LogP) is 3.42. The second-order valence-corrected chi connectivity index (χ2v) is 7.29. The van der Waals surface area contributed by atoms with Gasteiger partial charge in [-0.3, -0.25) is 9.59 Å². The van der Waals surface area contributed by atoms with Crippen molar-refractivity contribution in [3.63, 3.8) is 0 Å². The zero-order chi connectivity index (χ0) is 23.6. The van der Waals surface area contributed by atoms with Crippen molar-refractivity contribution in [2.24, 2.45) is 0 Å². The summed E-state index contributed by atoms with van der Waals surface area (Å²) in [6.07, 6.45) is 2.27. The van der Waals surface area contributed by atoms with E-state index in [9.17, 15) is 9.59 Å². The quantitative estimate of drug-likeness (QED) is 0.461. The summed E-state index contributed by atoms with van der Waals surface area (Å²) in [5.74, 6) is 0.993. The average molecular weight is 450 g/mol. The number of nitrogens with one attached hydrogen (secondary N) is 1. The molecule has 0 saturated heterocycles. The fourth-order valence-electron chi connectivity index (χ4n) is 3.19. The van der Waals surface area contributed by atoms with Crippen molar-refractivity contribution in [2.75, 3.05) is 20.8 Å². The molecule has 3 rings (SSSR count). The van der Waals surface area contributed by atoms with E-state index in [1.54, 1.807) is 37.4 Å². The van der Waals surface area contributed by atoms with E-state index in [1.807, 2.05) is 24.3 Å². The van der Waals surface area contributed by atoms with Crippen LogP contribution in [0.25, 0.3) is 0 Å². The Labute approximate surface area is 192 Å². The van der Waals surface area contributed by atoms with Crippen molar-refractivity contribution in [1.82, 2.24) is 10.3 Å². The molecule has 0 atom stereocenters. The third kappa shape index (κ3) is 7.24. The normalized spacial score (nSPS) is 10.4. The van der Waals surface area contributed by atoms with Crippen LogP contribution in [0.2, 0.25) is 0 Å². The zero-order valence-corrected chi connectivity index (χ0v) is 18.5. The van der Waals surface area contributed by atoms with Crippen LogP contribution in [0, 0.1) is 0 Å². The maximum absolute atomic E-state index is 12.4. The summed E-state index contributed by atoms with van der Waals surface area (Å²) >= 11 is 0. The van der Waals surface area contributed by atoms with E-state index in [4.69, 9.17) is 19.3 Å². The largest absolute Gasteiger partial charge is 0.497 e. The minimum atomic E-state index is -0.924. The molecule has 0 unspecified atom stereocenters. The number of hydrogen-bond acceptors (Lipinski definition) is 6. The van der Waals surface area contributed by atoms with Gasteiger partial charge in [0.05, 0.1) is 27.1 Å². The first kappa shape index (κ1) is 23.6. The first-order chi connectivity index (χ1) is 16.0. The first-order valence-electron chi connectivity index (χ1n) is 10.4. The number of nitrogens with zero attached hydrogens (tertiary/aromatic N) is 1. The Morgan fingerprint density at radius 1 is 0.909 bits per heavy atom. The van der Waals surface area contributed by atoms with Crippen molar-refractivity contribution >= 4 is 11.9 Å². The monoisotopic (exact) mass is 450 g/mol. The molecule has 8 heteroatoms. The van der Waals surface area contributed by atoms with E-state index < -0.39 is 5.97 Å². The molecule has 0 aliphatic carbocycles. The average Bonchev–Trinajstić information content (AvgIpc) is 2.81. The zero-order valence-electron chi connectivity index (χ0n) is 18.5. The van der Waals surface area contributed by atoms with Gasteiger partial charge in [0, 0.05) is 18.8 Å². The number of methoxy groups -OCH3 is 2. The number of pyridine rings is 1. The molecular weight excluding hydrogens is 424 g/mol. The standard InChI is InChI=1S/C25H26N2O6/c1-31-20-5-3-4-17(12-20)10-11-26-23(28)14-18-6-8-21(22(13-18)32-2)33-24-9-7-19(16-27-24)15-25(29)30/h3-9,12-13,16H,10-11,14-15H2,1-2H3,(H,26,28)(H,29,30). The van der Waals surface area contributed by atoms with E-state index >= 15 is 0 Å². The van der Waals surface area contributed by atoms with Crippen molar-refractivity contribution in [3.05, 3.63) is 77.5 Å². The molecule has 0 aliphatic heterocycles. The summed E-state index contributed by atoms with van der Waals surface area (Å²) in [6, 6.07) is 16.2. The molecule has 8 nitrogen and oxygen atoms in total. The number of carboxylic acid groups (broad SMARTS) is 1. The first-order valence-corrected chi connectivity index (χ1v) is 10.4. The van der Waals surface area contributed by atoms with Crippen LogP contribution in [0.4, 0.5) is 0 Å². The van der Waals surface area contributed by atoms with Crippen LogP contribution in [0.5, 0.6) is 23.1 Å². The highest BCUT2D eigenvalue weighted by atomic mass is 16.5. The number of amides is 1. The lowest BCUT2D eigenvalue weighted by atomic mass is 10.1. The third-order valence-corrected chi connectivity index (χ3v) is 4.83. The molecule has 0 fully saturated rings. The van der Waals surface area contributed by atoms with Gasteiger partial charge in [0.2, 0.25) is 11.8 Å². The van der Waals surface area contributed by atoms with E-state index in [-0.39, 0.29) is 18.7 Å². The highest BCUT2D eigenvalue weighted by Gasteiger charge is 2.11. The Bertz CT molecular complexity index is 1100. The van der Waals surface area contributed by atoms with Crippen LogP contribution in [-0.4, -0.2) is 42.7 Å². The number of carbonyl (C=O) groups is 2. The molecule has 33 heavy (non-hydrogen) atoms. The second kappa shape index (κ2) is 11.5. The number of rotatable bonds is 11. The lowest BCUT2D eigenvalue weighted by molar-refractivity contribution is -0.136. The topological polar surface area (TPSA) is 107 Å². The highest BCUT2D eigenvalue weighted by Crippen LogP contribution is 2.31. The van der Waals surface area contributed by atoms with Gasteiger partial charge in [0.1, 0.15) is 5.75 Å². The van der Waals surface area contributed by atoms with Crippen molar-refractivity contribution in [1.29, 1.82) is 0 Å². The van der Waals surface area contributed by atoms with Crippen LogP contribution in [0.3, 0.4) is 0 Å². The Balaban J connectivity index is 1.55. The molecule has 0 saturated carbocycles. The fraction of sp³-hybridized carbons (Fsp3) is 0.240. The Hall–Kier alpha value is -4.07. The van der Waals surface area contributed by atoms with E-state index in [0.29, 0.717) is 35.9 Å². The molecular formula is C25H26N2O6. The highest BCUT2D eigenvalue weighted by molar-refractivity contribution is 5.78. The Morgan fingerprint density at radius 3 is 2.42 bits per heavy atom. The summed E-state index contributed by atoms with van der Waals surface area (Å²) in [4.78, 5) is 27.3. The van der Waals surface area contributed by atoms with Gasteiger partial charge in [-0.25, -0.2) is 4.98 Å². The van der Waals surface area contributed by atoms with Crippen LogP contribution >= 0.6 is 0 Å². The number of aliphatic carboxylic acids is 1. The van der Waals surface area contributed by atoms with Crippen molar-refractivity contribution in [2.45, 2.75) is 19.3 Å². The lowest BCUT2D eigenvalue weighted by Crippen LogP contribution is -2.27. The maximum atomic E-state index is 12.4. The number of aromatic nitrogens is 1. The summed E-state index contributed by atoms with van der Waals surface area (Å²) < 4.78 is 16.4. The maximum Gasteiger partial charge on any atom is 0.307 e. The van der Waals surface area contributed by atoms with Crippen molar-refractivity contribution in [3.8, 4) is 23.1 Å². The molecule has 2 aromatic carbocycles. The molecule has 1 heterocycles. The van der Waals surface area contributed by atoms with Crippen LogP contribution in [-0.2, 0) is 28.9 Å². The van der Waals surface area contributed by atoms with Gasteiger partial charge in [-0.2, -0.15) is 0 Å². The number of carbonyl (C=O) groups excluding carboxylic acids is 1. The Kier molecular flexibility index (Phi) is 8.24. The molecule has 2 N–H and O–H groups in total. The number of carboxylic acids is 1. The van der Waals surface area contributed by atoms with Crippen LogP contribution < -0.4 is 19.5 Å². The van der Waals surface area contributed by atoms with E-state index in [2.05, 4.69) is 10.3 Å². The number of ether oxygens (including phenoxy) is 3.